The maximum atomic E-state index is 15.6. The minimum absolute atomic E-state index is 0.0334. The molecule has 1 aliphatic rings. The Morgan fingerprint density at radius 1 is 1.56 bits per heavy atom. The Hall–Kier alpha value is -0.813. The number of hydrogen-bond acceptors (Lipinski definition) is 6. The quantitative estimate of drug-likeness (QED) is 0.552. The molecular weight excluding hydrogens is 413 g/mol. The Balaban J connectivity index is 2.41. The van der Waals surface area contributed by atoms with Gasteiger partial charge in [-0.1, -0.05) is 20.8 Å². The summed E-state index contributed by atoms with van der Waals surface area (Å²) < 4.78 is 26.2. The number of halogens is 2. The first-order valence-corrected chi connectivity index (χ1v) is 11.7. The van der Waals surface area contributed by atoms with Gasteiger partial charge in [0, 0.05) is 6.20 Å². The summed E-state index contributed by atoms with van der Waals surface area (Å²) in [6.07, 6.45) is -2.02. The number of rotatable bonds is 4. The van der Waals surface area contributed by atoms with Crippen LogP contribution in [-0.4, -0.2) is 46.4 Å². The van der Waals surface area contributed by atoms with Gasteiger partial charge in [-0.25, -0.2) is 9.18 Å². The summed E-state index contributed by atoms with van der Waals surface area (Å²) in [5, 5.41) is 9.49. The smallest absolute Gasteiger partial charge is 0.351 e. The molecular formula is C15H25BrFN3O4Si. The Kier molecular flexibility index (Phi) is 5.52. The lowest BCUT2D eigenvalue weighted by Crippen LogP contribution is -2.51. The standard InChI is InChI=1S/C15H25BrFN3O4Si/c1-14(2,3)25(4,5)24-11-9(8-21)23-12(15(11,16)17)20-7-6-10(18)19-13(20)22/h6-7,9,11-12,21H,8H2,1-5H3,(H2,18,19,22)/t9-,11?,12-,15+/m1/s1. The average molecular weight is 438 g/mol. The van der Waals surface area contributed by atoms with Gasteiger partial charge >= 0.3 is 5.69 Å². The van der Waals surface area contributed by atoms with Gasteiger partial charge in [-0.2, -0.15) is 4.98 Å². The molecule has 1 aromatic rings. The molecule has 3 N–H and O–H groups in total. The Morgan fingerprint density at radius 3 is 2.64 bits per heavy atom. The molecule has 142 valence electrons. The molecule has 2 heterocycles. The van der Waals surface area contributed by atoms with E-state index in [0.29, 0.717) is 0 Å². The first-order chi connectivity index (χ1) is 11.3. The van der Waals surface area contributed by atoms with Crippen molar-refractivity contribution in [1.29, 1.82) is 0 Å². The molecule has 0 spiro atoms. The second-order valence-corrected chi connectivity index (χ2v) is 13.7. The summed E-state index contributed by atoms with van der Waals surface area (Å²) >= 11 is 3.04. The van der Waals surface area contributed by atoms with Gasteiger partial charge in [0.1, 0.15) is 18.0 Å². The van der Waals surface area contributed by atoms with Crippen molar-refractivity contribution in [3.8, 4) is 0 Å². The molecule has 0 saturated carbocycles. The van der Waals surface area contributed by atoms with E-state index in [9.17, 15) is 9.90 Å². The van der Waals surface area contributed by atoms with Crippen LogP contribution < -0.4 is 11.4 Å². The molecule has 1 unspecified atom stereocenters. The highest BCUT2D eigenvalue weighted by molar-refractivity contribution is 9.10. The lowest BCUT2D eigenvalue weighted by Gasteiger charge is -2.40. The van der Waals surface area contributed by atoms with Gasteiger partial charge in [-0.3, -0.25) is 4.57 Å². The molecule has 0 radical (unpaired) electrons. The van der Waals surface area contributed by atoms with E-state index in [0.717, 1.165) is 4.57 Å². The van der Waals surface area contributed by atoms with Crippen LogP contribution in [0.1, 0.15) is 27.0 Å². The number of aliphatic hydroxyl groups is 1. The molecule has 0 aromatic carbocycles. The maximum Gasteiger partial charge on any atom is 0.351 e. The highest BCUT2D eigenvalue weighted by Gasteiger charge is 2.60. The minimum atomic E-state index is -2.35. The molecule has 1 aliphatic heterocycles. The van der Waals surface area contributed by atoms with E-state index in [2.05, 4.69) is 20.9 Å². The van der Waals surface area contributed by atoms with Crippen molar-refractivity contribution < 1.29 is 18.7 Å². The number of aliphatic hydroxyl groups excluding tert-OH is 1. The zero-order valence-electron chi connectivity index (χ0n) is 15.0. The number of hydrogen-bond donors (Lipinski definition) is 2. The van der Waals surface area contributed by atoms with E-state index in [4.69, 9.17) is 14.9 Å². The predicted octanol–water partition coefficient (Wildman–Crippen LogP) is 2.17. The molecule has 7 nitrogen and oxygen atoms in total. The van der Waals surface area contributed by atoms with Crippen molar-refractivity contribution in [1.82, 2.24) is 9.55 Å². The van der Waals surface area contributed by atoms with Crippen LogP contribution in [0.2, 0.25) is 18.1 Å². The Bertz CT molecular complexity index is 692. The summed E-state index contributed by atoms with van der Waals surface area (Å²) in [6.45, 7) is 9.61. The van der Waals surface area contributed by atoms with E-state index in [1.165, 1.54) is 12.3 Å². The van der Waals surface area contributed by atoms with Crippen LogP contribution in [0, 0.1) is 0 Å². The number of alkyl halides is 2. The third-order valence-corrected chi connectivity index (χ3v) is 10.2. The summed E-state index contributed by atoms with van der Waals surface area (Å²) in [7, 11) is -2.35. The van der Waals surface area contributed by atoms with Gasteiger partial charge in [-0.05, 0) is 40.1 Å². The molecule has 2 rings (SSSR count). The fraction of sp³-hybridized carbons (Fsp3) is 0.733. The van der Waals surface area contributed by atoms with Crippen molar-refractivity contribution in [2.75, 3.05) is 12.3 Å². The van der Waals surface area contributed by atoms with Crippen molar-refractivity contribution >= 4 is 30.1 Å². The highest BCUT2D eigenvalue weighted by Crippen LogP contribution is 2.50. The first-order valence-electron chi connectivity index (χ1n) is 7.98. The monoisotopic (exact) mass is 437 g/mol. The van der Waals surface area contributed by atoms with Crippen LogP contribution in [0.5, 0.6) is 0 Å². The van der Waals surface area contributed by atoms with Gasteiger partial charge < -0.3 is 20.0 Å². The fourth-order valence-electron chi connectivity index (χ4n) is 2.36. The van der Waals surface area contributed by atoms with Crippen molar-refractivity contribution in [3.63, 3.8) is 0 Å². The molecule has 0 bridgehead atoms. The lowest BCUT2D eigenvalue weighted by atomic mass is 10.1. The number of nitrogens with two attached hydrogens (primary N) is 1. The zero-order valence-corrected chi connectivity index (χ0v) is 17.6. The molecule has 0 amide bonds. The van der Waals surface area contributed by atoms with Gasteiger partial charge in [0.15, 0.2) is 14.5 Å². The van der Waals surface area contributed by atoms with E-state index in [-0.39, 0.29) is 10.9 Å². The summed E-state index contributed by atoms with van der Waals surface area (Å²) in [6, 6.07) is 1.38. The largest absolute Gasteiger partial charge is 0.407 e. The fourth-order valence-corrected chi connectivity index (χ4v) is 4.56. The van der Waals surface area contributed by atoms with Gasteiger partial charge in [0.2, 0.25) is 4.58 Å². The normalized spacial score (nSPS) is 30.6. The van der Waals surface area contributed by atoms with Gasteiger partial charge in [-0.15, -0.1) is 0 Å². The van der Waals surface area contributed by atoms with Crippen molar-refractivity contribution in [2.45, 2.75) is 61.9 Å². The van der Waals surface area contributed by atoms with Gasteiger partial charge in [0.05, 0.1) is 6.61 Å². The van der Waals surface area contributed by atoms with Crippen LogP contribution in [0.4, 0.5) is 10.2 Å². The first kappa shape index (κ1) is 20.5. The van der Waals surface area contributed by atoms with E-state index in [1.807, 2.05) is 33.9 Å². The van der Waals surface area contributed by atoms with Gasteiger partial charge in [0.25, 0.3) is 0 Å². The number of ether oxygens (including phenoxy) is 1. The van der Waals surface area contributed by atoms with E-state index < -0.39 is 43.6 Å². The Labute approximate surface area is 155 Å². The molecule has 25 heavy (non-hydrogen) atoms. The molecule has 1 aromatic heterocycles. The average Bonchev–Trinajstić information content (AvgIpc) is 2.69. The third-order valence-electron chi connectivity index (χ3n) is 4.86. The molecule has 10 heteroatoms. The minimum Gasteiger partial charge on any atom is -0.407 e. The summed E-state index contributed by atoms with van der Waals surface area (Å²) in [4.78, 5) is 15.7. The van der Waals surface area contributed by atoms with Crippen LogP contribution >= 0.6 is 15.9 Å². The van der Waals surface area contributed by atoms with Crippen molar-refractivity contribution in [2.24, 2.45) is 0 Å². The van der Waals surface area contributed by atoms with E-state index in [1.54, 1.807) is 0 Å². The third kappa shape index (κ3) is 3.82. The lowest BCUT2D eigenvalue weighted by molar-refractivity contribution is -0.0496. The topological polar surface area (TPSA) is 99.6 Å². The summed E-state index contributed by atoms with van der Waals surface area (Å²) in [5.74, 6) is 0.0334. The molecule has 1 saturated heterocycles. The molecule has 0 aliphatic carbocycles. The number of aromatic nitrogens is 2. The Morgan fingerprint density at radius 2 is 2.16 bits per heavy atom. The SMILES string of the molecule is CC(C)(C)[Si](C)(C)OC1[C@@H](CO)O[C@@H](n2ccc(N)nc2=O)[C@]1(F)Br. The maximum absolute atomic E-state index is 15.6. The number of anilines is 1. The summed E-state index contributed by atoms with van der Waals surface area (Å²) in [5.41, 5.74) is 4.74. The van der Waals surface area contributed by atoms with Crippen LogP contribution in [0.25, 0.3) is 0 Å². The van der Waals surface area contributed by atoms with Crippen molar-refractivity contribution in [3.05, 3.63) is 22.7 Å². The van der Waals surface area contributed by atoms with Crippen LogP contribution in [0.3, 0.4) is 0 Å². The van der Waals surface area contributed by atoms with E-state index >= 15 is 4.39 Å². The highest BCUT2D eigenvalue weighted by atomic mass is 79.9. The molecule has 4 atom stereocenters. The van der Waals surface area contributed by atoms with Crippen LogP contribution in [-0.2, 0) is 9.16 Å². The number of nitrogens with zero attached hydrogens (tertiary/aromatic N) is 2. The second-order valence-electron chi connectivity index (χ2n) is 7.73. The zero-order chi connectivity index (χ0) is 19.2. The van der Waals surface area contributed by atoms with Crippen LogP contribution in [0.15, 0.2) is 17.1 Å². The predicted molar refractivity (Wildman–Crippen MR) is 98.7 cm³/mol. The second kappa shape index (κ2) is 6.73. The molecule has 1 fully saturated rings. The number of nitrogen functional groups attached to an aromatic ring is 1.